The maximum absolute atomic E-state index is 16.2. The Bertz CT molecular complexity index is 1170. The van der Waals surface area contributed by atoms with Crippen molar-refractivity contribution in [2.24, 2.45) is 16.3 Å². The van der Waals surface area contributed by atoms with Gasteiger partial charge < -0.3 is 4.90 Å². The number of halogens is 2. The van der Waals surface area contributed by atoms with Crippen LogP contribution in [0.25, 0.3) is 0 Å². The van der Waals surface area contributed by atoms with Crippen molar-refractivity contribution in [3.8, 4) is 0 Å². The average Bonchev–Trinajstić information content (AvgIpc) is 3.30. The molecule has 38 heavy (non-hydrogen) atoms. The van der Waals surface area contributed by atoms with Crippen LogP contribution in [0.5, 0.6) is 0 Å². The van der Waals surface area contributed by atoms with Crippen LogP contribution in [0.15, 0.2) is 52.3 Å². The Morgan fingerprint density at radius 2 is 1.87 bits per heavy atom. The topological polar surface area (TPSA) is 96.9 Å². The van der Waals surface area contributed by atoms with Gasteiger partial charge in [-0.3, -0.25) is 14.6 Å². The highest BCUT2D eigenvalue weighted by molar-refractivity contribution is 7.89. The SMILES string of the molecule is CC(C)CS(=O)(=O)NC1=CC=C(F)C(N2C=C(C3(C)C=C(N4CCN(C(C)C)CC4)C=NC3)N[NH2+]2)C1(C)F. The molecule has 3 aliphatic heterocycles. The summed E-state index contributed by atoms with van der Waals surface area (Å²) in [5.74, 6) is -0.981. The second kappa shape index (κ2) is 10.6. The average molecular weight is 555 g/mol. The maximum Gasteiger partial charge on any atom is 0.232 e. The quantitative estimate of drug-likeness (QED) is 0.394. The monoisotopic (exact) mass is 554 g/mol. The summed E-state index contributed by atoms with van der Waals surface area (Å²) in [6.45, 7) is 15.5. The van der Waals surface area contributed by atoms with Crippen molar-refractivity contribution in [1.29, 1.82) is 0 Å². The van der Waals surface area contributed by atoms with E-state index >= 15 is 8.78 Å². The highest BCUT2D eigenvalue weighted by atomic mass is 32.2. The van der Waals surface area contributed by atoms with Crippen molar-refractivity contribution in [1.82, 2.24) is 25.0 Å². The Hall–Kier alpha value is -2.44. The molecule has 0 spiro atoms. The van der Waals surface area contributed by atoms with E-state index in [0.717, 1.165) is 43.6 Å². The molecule has 1 fully saturated rings. The third-order valence-corrected chi connectivity index (χ3v) is 9.25. The van der Waals surface area contributed by atoms with E-state index in [1.165, 1.54) is 23.5 Å². The number of alkyl halides is 1. The van der Waals surface area contributed by atoms with Gasteiger partial charge >= 0.3 is 0 Å². The molecule has 3 unspecified atom stereocenters. The third-order valence-electron chi connectivity index (χ3n) is 7.61. The number of aliphatic imine (C=N–C) groups is 1. The molecule has 0 radical (unpaired) electrons. The van der Waals surface area contributed by atoms with E-state index in [9.17, 15) is 8.42 Å². The summed E-state index contributed by atoms with van der Waals surface area (Å²) < 4.78 is 58.7. The number of piperazine rings is 1. The standard InChI is InChI=1S/C26H41F2N7O2S/c1-18(2)16-38(36,37)31-22-8-7-21(27)24(26(22,6)28)35-15-23(30-32-35)25(5)13-20(14-29-17-25)34-11-9-33(10-12-34)19(3)4/h7-8,13-15,18-19,24,30-32H,9-12,16-17H2,1-6H3/p+1. The number of quaternary nitrogens is 1. The lowest BCUT2D eigenvalue weighted by Gasteiger charge is -2.40. The normalized spacial score (nSPS) is 30.7. The van der Waals surface area contributed by atoms with Crippen molar-refractivity contribution in [3.05, 3.63) is 47.3 Å². The zero-order chi connectivity index (χ0) is 27.9. The molecule has 12 heteroatoms. The van der Waals surface area contributed by atoms with Gasteiger partial charge in [0, 0.05) is 38.4 Å². The minimum atomic E-state index is -3.78. The molecule has 1 aliphatic carbocycles. The van der Waals surface area contributed by atoms with Crippen LogP contribution >= 0.6 is 0 Å². The molecule has 0 amide bonds. The van der Waals surface area contributed by atoms with Crippen LogP contribution in [-0.2, 0) is 10.0 Å². The highest BCUT2D eigenvalue weighted by Gasteiger charge is 2.51. The molecule has 0 saturated carbocycles. The van der Waals surface area contributed by atoms with Crippen LogP contribution in [-0.4, -0.2) is 85.7 Å². The molecule has 0 aromatic rings. The molecule has 4 aliphatic rings. The van der Waals surface area contributed by atoms with Crippen LogP contribution in [0.4, 0.5) is 8.78 Å². The van der Waals surface area contributed by atoms with Crippen molar-refractivity contribution in [2.75, 3.05) is 38.5 Å². The number of dihydropyridines is 1. The molecule has 0 aromatic heterocycles. The Kier molecular flexibility index (Phi) is 7.98. The number of allylic oxidation sites excluding steroid dienone is 3. The van der Waals surface area contributed by atoms with Crippen LogP contribution in [0.3, 0.4) is 0 Å². The van der Waals surface area contributed by atoms with E-state index < -0.39 is 33.0 Å². The lowest BCUT2D eigenvalue weighted by molar-refractivity contribution is -0.829. The number of hydrogen-bond acceptors (Lipinski definition) is 7. The van der Waals surface area contributed by atoms with Gasteiger partial charge in [0.25, 0.3) is 0 Å². The Morgan fingerprint density at radius 3 is 2.50 bits per heavy atom. The van der Waals surface area contributed by atoms with Gasteiger partial charge in [-0.2, -0.15) is 5.01 Å². The Morgan fingerprint density at radius 1 is 1.18 bits per heavy atom. The molecule has 9 nitrogen and oxygen atoms in total. The number of nitrogens with one attached hydrogen (secondary N) is 2. The van der Waals surface area contributed by atoms with Crippen molar-refractivity contribution >= 4 is 16.2 Å². The first-order chi connectivity index (χ1) is 17.7. The lowest BCUT2D eigenvalue weighted by atomic mass is 9.84. The molecule has 3 atom stereocenters. The van der Waals surface area contributed by atoms with Crippen LogP contribution < -0.4 is 15.7 Å². The smallest absolute Gasteiger partial charge is 0.232 e. The Labute approximate surface area is 225 Å². The van der Waals surface area contributed by atoms with E-state index in [0.29, 0.717) is 12.6 Å². The maximum atomic E-state index is 16.2. The van der Waals surface area contributed by atoms with Crippen molar-refractivity contribution < 1.29 is 22.7 Å². The van der Waals surface area contributed by atoms with Gasteiger partial charge in [0.1, 0.15) is 5.83 Å². The number of hydrogen-bond donors (Lipinski definition) is 3. The van der Waals surface area contributed by atoms with Gasteiger partial charge in [-0.15, -0.1) is 5.53 Å². The van der Waals surface area contributed by atoms with Gasteiger partial charge in [-0.1, -0.05) is 13.8 Å². The van der Waals surface area contributed by atoms with E-state index in [4.69, 9.17) is 0 Å². The fourth-order valence-electron chi connectivity index (χ4n) is 5.43. The van der Waals surface area contributed by atoms with Crippen molar-refractivity contribution in [3.63, 3.8) is 0 Å². The van der Waals surface area contributed by atoms with Gasteiger partial charge in [0.15, 0.2) is 11.7 Å². The minimum Gasteiger partial charge on any atom is -0.368 e. The highest BCUT2D eigenvalue weighted by Crippen LogP contribution is 2.38. The first-order valence-corrected chi connectivity index (χ1v) is 15.0. The first-order valence-electron chi connectivity index (χ1n) is 13.3. The van der Waals surface area contributed by atoms with E-state index in [-0.39, 0.29) is 17.4 Å². The molecular weight excluding hydrogens is 512 g/mol. The molecule has 3 heterocycles. The van der Waals surface area contributed by atoms with E-state index in [1.807, 2.05) is 6.21 Å². The molecule has 1 saturated heterocycles. The predicted molar refractivity (Wildman–Crippen MR) is 145 cm³/mol. The van der Waals surface area contributed by atoms with Gasteiger partial charge in [0.2, 0.25) is 10.0 Å². The largest absolute Gasteiger partial charge is 0.368 e. The molecule has 4 N–H and O–H groups in total. The van der Waals surface area contributed by atoms with Gasteiger partial charge in [-0.05, 0) is 51.8 Å². The minimum absolute atomic E-state index is 0.136. The number of rotatable bonds is 8. The van der Waals surface area contributed by atoms with E-state index in [2.05, 4.69) is 51.8 Å². The summed E-state index contributed by atoms with van der Waals surface area (Å²) in [5.41, 5.74) is 3.56. The summed E-state index contributed by atoms with van der Waals surface area (Å²) in [7, 11) is -3.78. The third kappa shape index (κ3) is 5.91. The number of nitrogens with zero attached hydrogens (tertiary/aromatic N) is 4. The summed E-state index contributed by atoms with van der Waals surface area (Å²) in [5, 5.41) is 1.45. The molecule has 212 valence electrons. The molecular formula is C26H42F2N7O2S+. The molecule has 0 bridgehead atoms. The first kappa shape index (κ1) is 28.6. The second-order valence-corrected chi connectivity index (χ2v) is 13.5. The predicted octanol–water partition coefficient (Wildman–Crippen LogP) is 1.55. The zero-order valence-corrected chi connectivity index (χ0v) is 24.0. The molecule has 4 rings (SSSR count). The lowest BCUT2D eigenvalue weighted by Crippen LogP contribution is -2.99. The number of sulfonamides is 1. The summed E-state index contributed by atoms with van der Waals surface area (Å²) >= 11 is 0. The zero-order valence-electron chi connectivity index (χ0n) is 23.2. The van der Waals surface area contributed by atoms with Crippen LogP contribution in [0.1, 0.15) is 41.5 Å². The summed E-state index contributed by atoms with van der Waals surface area (Å²) in [6.07, 6.45) is 8.08. The van der Waals surface area contributed by atoms with Crippen LogP contribution in [0, 0.1) is 11.3 Å². The second-order valence-electron chi connectivity index (χ2n) is 11.7. The summed E-state index contributed by atoms with van der Waals surface area (Å²) in [4.78, 5) is 9.42. The Balaban J connectivity index is 1.52. The van der Waals surface area contributed by atoms with Gasteiger partial charge in [0.05, 0.1) is 41.0 Å². The fourth-order valence-corrected chi connectivity index (χ4v) is 6.99. The van der Waals surface area contributed by atoms with Crippen LogP contribution in [0.2, 0.25) is 0 Å². The van der Waals surface area contributed by atoms with E-state index in [1.54, 1.807) is 20.0 Å². The number of nitrogens with two attached hydrogens (primary N) is 1. The summed E-state index contributed by atoms with van der Waals surface area (Å²) in [6, 6.07) is -0.848. The van der Waals surface area contributed by atoms with Gasteiger partial charge in [-0.25, -0.2) is 22.6 Å². The van der Waals surface area contributed by atoms with Crippen molar-refractivity contribution in [2.45, 2.75) is 59.3 Å². The molecule has 0 aromatic carbocycles. The fraction of sp³-hybridized carbons (Fsp3) is 0.654.